The van der Waals surface area contributed by atoms with Crippen molar-refractivity contribution in [2.45, 2.75) is 65.3 Å². The smallest absolute Gasteiger partial charge is 0.413 e. The predicted octanol–water partition coefficient (Wildman–Crippen LogP) is 4.85. The molecule has 1 atom stereocenters. The van der Waals surface area contributed by atoms with Crippen LogP contribution in [0.1, 0.15) is 53.5 Å². The summed E-state index contributed by atoms with van der Waals surface area (Å²) in [5.74, 6) is 0. The third kappa shape index (κ3) is 4.38. The van der Waals surface area contributed by atoms with Crippen molar-refractivity contribution >= 4 is 11.7 Å². The maximum Gasteiger partial charge on any atom is 0.413 e. The van der Waals surface area contributed by atoms with Crippen LogP contribution in [0.15, 0.2) is 36.4 Å². The summed E-state index contributed by atoms with van der Waals surface area (Å²) in [6, 6.07) is 10.1. The summed E-state index contributed by atoms with van der Waals surface area (Å²) in [6.07, 6.45) is 2.69. The highest BCUT2D eigenvalue weighted by atomic mass is 16.6. The molecule has 0 saturated carbocycles. The lowest BCUT2D eigenvalue weighted by Gasteiger charge is -2.34. The lowest BCUT2D eigenvalue weighted by atomic mass is 10.0. The molecule has 1 aromatic rings. The first-order valence-corrected chi connectivity index (χ1v) is 8.56. The molecule has 1 heterocycles. The summed E-state index contributed by atoms with van der Waals surface area (Å²) in [6.45, 7) is 12.0. The van der Waals surface area contributed by atoms with Crippen LogP contribution in [0.25, 0.3) is 5.57 Å². The van der Waals surface area contributed by atoms with E-state index in [1.807, 2.05) is 52.8 Å². The van der Waals surface area contributed by atoms with Gasteiger partial charge >= 0.3 is 6.09 Å². The zero-order valence-corrected chi connectivity index (χ0v) is 15.6. The summed E-state index contributed by atoms with van der Waals surface area (Å²) >= 11 is 0. The zero-order chi connectivity index (χ0) is 18.0. The van der Waals surface area contributed by atoms with E-state index in [-0.39, 0.29) is 12.1 Å². The molecule has 0 N–H and O–H groups in total. The van der Waals surface area contributed by atoms with E-state index in [4.69, 9.17) is 9.47 Å². The van der Waals surface area contributed by atoms with Crippen molar-refractivity contribution in [1.82, 2.24) is 4.90 Å². The normalized spacial score (nSPS) is 21.0. The molecule has 1 aliphatic rings. The number of hydrogen-bond donors (Lipinski definition) is 0. The van der Waals surface area contributed by atoms with Crippen molar-refractivity contribution in [3.63, 3.8) is 0 Å². The highest BCUT2D eigenvalue weighted by Gasteiger charge is 2.44. The number of nitrogens with zero attached hydrogens (tertiary/aromatic N) is 1. The molecule has 1 amide bonds. The minimum Gasteiger partial charge on any atom is -0.444 e. The van der Waals surface area contributed by atoms with Crippen molar-refractivity contribution < 1.29 is 14.3 Å². The van der Waals surface area contributed by atoms with Crippen LogP contribution in [0.3, 0.4) is 0 Å². The first-order chi connectivity index (χ1) is 11.1. The molecule has 0 aliphatic carbocycles. The Hall–Kier alpha value is -1.81. The van der Waals surface area contributed by atoms with Gasteiger partial charge in [-0.3, -0.25) is 4.90 Å². The Morgan fingerprint density at radius 1 is 1.33 bits per heavy atom. The third-order valence-electron chi connectivity index (χ3n) is 4.03. The van der Waals surface area contributed by atoms with E-state index in [1.54, 1.807) is 4.90 Å². The standard InChI is InChI=1S/C20H29NO3/c1-7-15(16-11-9-8-10-12-16)13-17-14-23-20(5,6)21(17)18(22)24-19(2,3)4/h8-13,17H,7,14H2,1-6H3/t17-/m0/s1. The zero-order valence-electron chi connectivity index (χ0n) is 15.6. The first-order valence-electron chi connectivity index (χ1n) is 8.56. The Morgan fingerprint density at radius 2 is 1.96 bits per heavy atom. The molecule has 1 fully saturated rings. The molecule has 132 valence electrons. The minimum absolute atomic E-state index is 0.134. The van der Waals surface area contributed by atoms with Gasteiger partial charge in [0.05, 0.1) is 12.6 Å². The molecule has 1 saturated heterocycles. The van der Waals surface area contributed by atoms with Crippen LogP contribution in [0, 0.1) is 0 Å². The highest BCUT2D eigenvalue weighted by molar-refractivity contribution is 5.72. The number of rotatable bonds is 3. The van der Waals surface area contributed by atoms with Crippen LogP contribution in [0.2, 0.25) is 0 Å². The molecule has 1 aliphatic heterocycles. The number of allylic oxidation sites excluding steroid dienone is 1. The molecule has 0 aromatic heterocycles. The average Bonchev–Trinajstić information content (AvgIpc) is 2.78. The molecule has 0 bridgehead atoms. The van der Waals surface area contributed by atoms with Crippen molar-refractivity contribution in [2.24, 2.45) is 0 Å². The Balaban J connectivity index is 2.30. The Bertz CT molecular complexity index is 599. The molecule has 1 aromatic carbocycles. The van der Waals surface area contributed by atoms with Gasteiger partial charge in [0.1, 0.15) is 11.3 Å². The summed E-state index contributed by atoms with van der Waals surface area (Å²) < 4.78 is 11.4. The van der Waals surface area contributed by atoms with E-state index in [1.165, 1.54) is 11.1 Å². The van der Waals surface area contributed by atoms with Crippen molar-refractivity contribution in [3.8, 4) is 0 Å². The van der Waals surface area contributed by atoms with Crippen LogP contribution in [0.4, 0.5) is 4.79 Å². The lowest BCUT2D eigenvalue weighted by Crippen LogP contribution is -2.49. The molecule has 0 spiro atoms. The van der Waals surface area contributed by atoms with E-state index in [9.17, 15) is 4.79 Å². The van der Waals surface area contributed by atoms with E-state index in [2.05, 4.69) is 25.1 Å². The second-order valence-electron chi connectivity index (χ2n) is 7.59. The van der Waals surface area contributed by atoms with Gasteiger partial charge in [-0.25, -0.2) is 4.79 Å². The van der Waals surface area contributed by atoms with Gasteiger partial charge in [0.15, 0.2) is 0 Å². The SMILES string of the molecule is CCC(=C[C@H]1COC(C)(C)N1C(=O)OC(C)(C)C)c1ccccc1. The number of hydrogen-bond acceptors (Lipinski definition) is 3. The summed E-state index contributed by atoms with van der Waals surface area (Å²) in [5, 5.41) is 0. The van der Waals surface area contributed by atoms with E-state index in [0.29, 0.717) is 6.61 Å². The third-order valence-corrected chi connectivity index (χ3v) is 4.03. The van der Waals surface area contributed by atoms with Gasteiger partial charge in [0.2, 0.25) is 0 Å². The van der Waals surface area contributed by atoms with E-state index < -0.39 is 11.3 Å². The molecule has 24 heavy (non-hydrogen) atoms. The second-order valence-corrected chi connectivity index (χ2v) is 7.59. The van der Waals surface area contributed by atoms with Crippen molar-refractivity contribution in [2.75, 3.05) is 6.61 Å². The summed E-state index contributed by atoms with van der Waals surface area (Å²) in [5.41, 5.74) is 1.17. The molecule has 0 radical (unpaired) electrons. The fourth-order valence-corrected chi connectivity index (χ4v) is 2.92. The van der Waals surface area contributed by atoms with Gasteiger partial charge in [0.25, 0.3) is 0 Å². The van der Waals surface area contributed by atoms with Crippen LogP contribution < -0.4 is 0 Å². The van der Waals surface area contributed by atoms with E-state index >= 15 is 0 Å². The van der Waals surface area contributed by atoms with Gasteiger partial charge in [-0.2, -0.15) is 0 Å². The largest absolute Gasteiger partial charge is 0.444 e. The highest BCUT2D eigenvalue weighted by Crippen LogP contribution is 2.32. The van der Waals surface area contributed by atoms with Crippen LogP contribution in [-0.2, 0) is 9.47 Å². The maximum atomic E-state index is 12.7. The van der Waals surface area contributed by atoms with Gasteiger partial charge < -0.3 is 9.47 Å². The maximum absolute atomic E-state index is 12.7. The Kier molecular flexibility index (Phi) is 5.38. The molecule has 4 nitrogen and oxygen atoms in total. The second kappa shape index (κ2) is 6.98. The lowest BCUT2D eigenvalue weighted by molar-refractivity contribution is -0.0610. The van der Waals surface area contributed by atoms with Crippen LogP contribution >= 0.6 is 0 Å². The fourth-order valence-electron chi connectivity index (χ4n) is 2.92. The average molecular weight is 331 g/mol. The number of carbonyl (C=O) groups excluding carboxylic acids is 1. The molecular weight excluding hydrogens is 302 g/mol. The van der Waals surface area contributed by atoms with Gasteiger partial charge in [-0.15, -0.1) is 0 Å². The molecule has 4 heteroatoms. The van der Waals surface area contributed by atoms with Gasteiger partial charge in [0, 0.05) is 0 Å². The monoisotopic (exact) mass is 331 g/mol. The van der Waals surface area contributed by atoms with Crippen LogP contribution in [0.5, 0.6) is 0 Å². The fraction of sp³-hybridized carbons (Fsp3) is 0.550. The molecular formula is C20H29NO3. The first kappa shape index (κ1) is 18.5. The van der Waals surface area contributed by atoms with Gasteiger partial charge in [-0.05, 0) is 52.2 Å². The van der Waals surface area contributed by atoms with E-state index in [0.717, 1.165) is 6.42 Å². The molecule has 0 unspecified atom stereocenters. The van der Waals surface area contributed by atoms with Crippen molar-refractivity contribution in [1.29, 1.82) is 0 Å². The molecule has 2 rings (SSSR count). The predicted molar refractivity (Wildman–Crippen MR) is 96.6 cm³/mol. The summed E-state index contributed by atoms with van der Waals surface area (Å²) in [4.78, 5) is 14.4. The number of benzene rings is 1. The topological polar surface area (TPSA) is 38.8 Å². The Morgan fingerprint density at radius 3 is 2.50 bits per heavy atom. The van der Waals surface area contributed by atoms with Crippen LogP contribution in [-0.4, -0.2) is 35.0 Å². The Labute approximate surface area is 145 Å². The van der Waals surface area contributed by atoms with Crippen molar-refractivity contribution in [3.05, 3.63) is 42.0 Å². The number of carbonyl (C=O) groups is 1. The van der Waals surface area contributed by atoms with Gasteiger partial charge in [-0.1, -0.05) is 43.3 Å². The minimum atomic E-state index is -0.682. The quantitative estimate of drug-likeness (QED) is 0.794. The number of amides is 1. The summed E-state index contributed by atoms with van der Waals surface area (Å²) in [7, 11) is 0. The number of ether oxygens (including phenoxy) is 2.